The number of hydrogen-bond donors (Lipinski definition) is 0. The van der Waals surface area contributed by atoms with Gasteiger partial charge in [0, 0.05) is 19.0 Å². The van der Waals surface area contributed by atoms with Gasteiger partial charge in [0.05, 0.1) is 6.07 Å². The summed E-state index contributed by atoms with van der Waals surface area (Å²) < 4.78 is 0. The summed E-state index contributed by atoms with van der Waals surface area (Å²) in [6.07, 6.45) is 3.13. The molecule has 2 rings (SSSR count). The maximum atomic E-state index is 8.61. The van der Waals surface area contributed by atoms with Crippen LogP contribution in [0, 0.1) is 11.3 Å². The molecule has 1 atom stereocenters. The average molecular weight is 200 g/mol. The van der Waals surface area contributed by atoms with E-state index in [1.807, 2.05) is 0 Å². The van der Waals surface area contributed by atoms with Crippen molar-refractivity contribution in [3.8, 4) is 6.07 Å². The van der Waals surface area contributed by atoms with Gasteiger partial charge in [0.15, 0.2) is 0 Å². The molecule has 0 amide bonds. The molecule has 78 valence electrons. The van der Waals surface area contributed by atoms with Crippen LogP contribution in [0.4, 0.5) is 0 Å². The largest absolute Gasteiger partial charge is 0.295 e. The van der Waals surface area contributed by atoms with E-state index in [4.69, 9.17) is 5.26 Å². The molecule has 2 heteroatoms. The molecular formula is C13H16N2. The third kappa shape index (κ3) is 2.37. The molecule has 1 saturated heterocycles. The molecule has 0 aliphatic carbocycles. The van der Waals surface area contributed by atoms with Crippen LogP contribution in [0.25, 0.3) is 0 Å². The molecule has 2 nitrogen and oxygen atoms in total. The zero-order valence-corrected chi connectivity index (χ0v) is 8.89. The highest BCUT2D eigenvalue weighted by atomic mass is 15.2. The lowest BCUT2D eigenvalue weighted by molar-refractivity contribution is 0.263. The fourth-order valence-electron chi connectivity index (χ4n) is 2.34. The number of likely N-dealkylation sites (tertiary alicyclic amines) is 1. The molecule has 15 heavy (non-hydrogen) atoms. The summed E-state index contributed by atoms with van der Waals surface area (Å²) in [5.74, 6) is 0. The van der Waals surface area contributed by atoms with Gasteiger partial charge in [-0.2, -0.15) is 5.26 Å². The second-order valence-corrected chi connectivity index (χ2v) is 4.01. The van der Waals surface area contributed by atoms with Crippen LogP contribution in [0.3, 0.4) is 0 Å². The van der Waals surface area contributed by atoms with Crippen LogP contribution in [0.15, 0.2) is 30.3 Å². The fourth-order valence-corrected chi connectivity index (χ4v) is 2.34. The van der Waals surface area contributed by atoms with E-state index in [0.717, 1.165) is 13.1 Å². The van der Waals surface area contributed by atoms with Crippen molar-refractivity contribution in [1.82, 2.24) is 4.90 Å². The smallest absolute Gasteiger partial charge is 0.0635 e. The lowest BCUT2D eigenvalue weighted by Gasteiger charge is -2.23. The average Bonchev–Trinajstić information content (AvgIpc) is 2.75. The van der Waals surface area contributed by atoms with Crippen LogP contribution >= 0.6 is 0 Å². The van der Waals surface area contributed by atoms with Crippen molar-refractivity contribution in [2.24, 2.45) is 0 Å². The lowest BCUT2D eigenvalue weighted by Crippen LogP contribution is -2.24. The van der Waals surface area contributed by atoms with E-state index in [-0.39, 0.29) is 0 Å². The van der Waals surface area contributed by atoms with Crippen LogP contribution < -0.4 is 0 Å². The van der Waals surface area contributed by atoms with Gasteiger partial charge in [-0.25, -0.2) is 0 Å². The molecule has 0 spiro atoms. The van der Waals surface area contributed by atoms with Gasteiger partial charge in [-0.15, -0.1) is 0 Å². The monoisotopic (exact) mass is 200 g/mol. The Kier molecular flexibility index (Phi) is 3.37. The highest BCUT2D eigenvalue weighted by molar-refractivity contribution is 5.19. The van der Waals surface area contributed by atoms with Crippen LogP contribution in [0.1, 0.15) is 30.9 Å². The summed E-state index contributed by atoms with van der Waals surface area (Å²) in [6.45, 7) is 2.05. The van der Waals surface area contributed by atoms with Crippen molar-refractivity contribution in [2.45, 2.75) is 25.3 Å². The van der Waals surface area contributed by atoms with Gasteiger partial charge in [0.2, 0.25) is 0 Å². The van der Waals surface area contributed by atoms with Crippen molar-refractivity contribution in [1.29, 1.82) is 5.26 Å². The second-order valence-electron chi connectivity index (χ2n) is 4.01. The number of benzene rings is 1. The number of rotatable bonds is 3. The normalized spacial score (nSPS) is 21.4. The van der Waals surface area contributed by atoms with Gasteiger partial charge in [0.1, 0.15) is 0 Å². The Bertz CT molecular complexity index is 339. The van der Waals surface area contributed by atoms with Crippen molar-refractivity contribution in [3.05, 3.63) is 35.9 Å². The third-order valence-electron chi connectivity index (χ3n) is 3.06. The topological polar surface area (TPSA) is 27.0 Å². The minimum atomic E-state index is 0.541. The molecule has 0 aromatic heterocycles. The van der Waals surface area contributed by atoms with E-state index in [1.165, 1.54) is 18.4 Å². The molecule has 1 heterocycles. The highest BCUT2D eigenvalue weighted by Crippen LogP contribution is 2.31. The van der Waals surface area contributed by atoms with Gasteiger partial charge in [-0.1, -0.05) is 30.3 Å². The molecule has 0 N–H and O–H groups in total. The number of nitriles is 1. The summed E-state index contributed by atoms with van der Waals surface area (Å²) in [7, 11) is 0. The first-order valence-electron chi connectivity index (χ1n) is 5.58. The first kappa shape index (κ1) is 10.2. The van der Waals surface area contributed by atoms with Crippen LogP contribution in [0.5, 0.6) is 0 Å². The van der Waals surface area contributed by atoms with Gasteiger partial charge in [0.25, 0.3) is 0 Å². The maximum absolute atomic E-state index is 8.61. The van der Waals surface area contributed by atoms with Crippen LogP contribution in [-0.4, -0.2) is 18.0 Å². The summed E-state index contributed by atoms with van der Waals surface area (Å²) in [6, 6.07) is 13.4. The fraction of sp³-hybridized carbons (Fsp3) is 0.462. The van der Waals surface area contributed by atoms with E-state index in [0.29, 0.717) is 12.5 Å². The summed E-state index contributed by atoms with van der Waals surface area (Å²) in [4.78, 5) is 2.43. The Balaban J connectivity index is 2.05. The molecule has 0 bridgehead atoms. The van der Waals surface area contributed by atoms with E-state index in [2.05, 4.69) is 41.3 Å². The minimum absolute atomic E-state index is 0.541. The van der Waals surface area contributed by atoms with E-state index < -0.39 is 0 Å². The zero-order valence-electron chi connectivity index (χ0n) is 8.89. The first-order valence-corrected chi connectivity index (χ1v) is 5.58. The first-order chi connectivity index (χ1) is 7.42. The van der Waals surface area contributed by atoms with Gasteiger partial charge >= 0.3 is 0 Å². The quantitative estimate of drug-likeness (QED) is 0.750. The minimum Gasteiger partial charge on any atom is -0.295 e. The highest BCUT2D eigenvalue weighted by Gasteiger charge is 2.24. The Labute approximate surface area is 91.1 Å². The second kappa shape index (κ2) is 4.95. The van der Waals surface area contributed by atoms with E-state index in [1.54, 1.807) is 0 Å². The molecule has 1 aromatic carbocycles. The Morgan fingerprint density at radius 1 is 1.33 bits per heavy atom. The molecular weight excluding hydrogens is 184 g/mol. The van der Waals surface area contributed by atoms with Gasteiger partial charge in [-0.3, -0.25) is 4.90 Å². The van der Waals surface area contributed by atoms with Crippen molar-refractivity contribution >= 4 is 0 Å². The van der Waals surface area contributed by atoms with E-state index >= 15 is 0 Å². The van der Waals surface area contributed by atoms with Crippen LogP contribution in [-0.2, 0) is 0 Å². The zero-order chi connectivity index (χ0) is 10.5. The Hall–Kier alpha value is -1.33. The Morgan fingerprint density at radius 2 is 2.13 bits per heavy atom. The van der Waals surface area contributed by atoms with Gasteiger partial charge in [-0.05, 0) is 24.9 Å². The summed E-state index contributed by atoms with van der Waals surface area (Å²) in [5, 5.41) is 8.61. The molecule has 0 unspecified atom stereocenters. The van der Waals surface area contributed by atoms with Crippen LogP contribution in [0.2, 0.25) is 0 Å². The van der Waals surface area contributed by atoms with Crippen molar-refractivity contribution in [3.63, 3.8) is 0 Å². The van der Waals surface area contributed by atoms with Crippen molar-refractivity contribution < 1.29 is 0 Å². The molecule has 1 fully saturated rings. The third-order valence-corrected chi connectivity index (χ3v) is 3.06. The molecule has 1 aromatic rings. The number of hydrogen-bond acceptors (Lipinski definition) is 2. The SMILES string of the molecule is N#CCCN1CCC[C@H]1c1ccccc1. The molecule has 1 aliphatic heterocycles. The lowest BCUT2D eigenvalue weighted by atomic mass is 10.0. The van der Waals surface area contributed by atoms with Gasteiger partial charge < -0.3 is 0 Å². The Morgan fingerprint density at radius 3 is 2.87 bits per heavy atom. The molecule has 0 radical (unpaired) electrons. The molecule has 1 aliphatic rings. The molecule has 0 saturated carbocycles. The summed E-state index contributed by atoms with van der Waals surface area (Å²) in [5.41, 5.74) is 1.40. The number of nitrogens with zero attached hydrogens (tertiary/aromatic N) is 2. The van der Waals surface area contributed by atoms with E-state index in [9.17, 15) is 0 Å². The summed E-state index contributed by atoms with van der Waals surface area (Å²) >= 11 is 0. The predicted octanol–water partition coefficient (Wildman–Crippen LogP) is 2.74. The predicted molar refractivity (Wildman–Crippen MR) is 60.2 cm³/mol. The maximum Gasteiger partial charge on any atom is 0.0635 e. The standard InChI is InChI=1S/C13H16N2/c14-9-5-11-15-10-4-8-13(15)12-6-2-1-3-7-12/h1-3,6-7,13H,4-5,8,10-11H2/t13-/m0/s1. The van der Waals surface area contributed by atoms with Crippen molar-refractivity contribution in [2.75, 3.05) is 13.1 Å².